The molecule has 0 saturated carbocycles. The van der Waals surface area contributed by atoms with Crippen LogP contribution in [0.15, 0.2) is 24.3 Å². The number of benzene rings is 1. The fraction of sp³-hybridized carbons (Fsp3) is 0.684. The molecule has 3 rings (SSSR count). The molecule has 2 fully saturated rings. The molecule has 0 aliphatic carbocycles. The lowest BCUT2D eigenvalue weighted by Gasteiger charge is -2.33. The van der Waals surface area contributed by atoms with Crippen molar-refractivity contribution in [1.29, 1.82) is 0 Å². The summed E-state index contributed by atoms with van der Waals surface area (Å²) >= 11 is 0. The van der Waals surface area contributed by atoms with Crippen molar-refractivity contribution in [1.82, 2.24) is 9.80 Å². The van der Waals surface area contributed by atoms with Gasteiger partial charge >= 0.3 is 0 Å². The first-order chi connectivity index (χ1) is 11.3. The van der Waals surface area contributed by atoms with Crippen LogP contribution in [-0.4, -0.2) is 60.8 Å². The average Bonchev–Trinajstić information content (AvgIpc) is 3.02. The van der Waals surface area contributed by atoms with Gasteiger partial charge in [-0.15, -0.1) is 0 Å². The monoisotopic (exact) mass is 318 g/mol. The van der Waals surface area contributed by atoms with E-state index < -0.39 is 6.10 Å². The first-order valence-corrected chi connectivity index (χ1v) is 9.04. The van der Waals surface area contributed by atoms with Crippen LogP contribution in [0.3, 0.4) is 0 Å². The molecule has 128 valence electrons. The van der Waals surface area contributed by atoms with E-state index in [1.807, 2.05) is 24.3 Å². The van der Waals surface area contributed by atoms with E-state index in [0.29, 0.717) is 6.04 Å². The highest BCUT2D eigenvalue weighted by molar-refractivity contribution is 5.30. The Labute approximate surface area is 140 Å². The number of ether oxygens (including phenoxy) is 1. The van der Waals surface area contributed by atoms with Crippen LogP contribution in [0.2, 0.25) is 0 Å². The number of methoxy groups -OCH3 is 1. The Morgan fingerprint density at radius 3 is 2.78 bits per heavy atom. The molecular formula is C19H30N2O2. The molecule has 1 aromatic rings. The standard InChI is InChI=1S/C19H30N2O2/c1-23-18-9-5-7-16(13-18)19(22)15-21-12-6-8-17(21)14-20-10-3-2-4-11-20/h5,7,9,13,17,19,22H,2-4,6,8,10-12,14-15H2,1H3. The molecule has 2 aliphatic heterocycles. The summed E-state index contributed by atoms with van der Waals surface area (Å²) in [6.45, 7) is 5.52. The van der Waals surface area contributed by atoms with Gasteiger partial charge in [0.2, 0.25) is 0 Å². The Morgan fingerprint density at radius 1 is 1.17 bits per heavy atom. The van der Waals surface area contributed by atoms with E-state index in [4.69, 9.17) is 4.74 Å². The summed E-state index contributed by atoms with van der Waals surface area (Å²) < 4.78 is 5.27. The smallest absolute Gasteiger partial charge is 0.119 e. The summed E-state index contributed by atoms with van der Waals surface area (Å²) in [6, 6.07) is 8.41. The minimum atomic E-state index is -0.438. The van der Waals surface area contributed by atoms with E-state index in [1.54, 1.807) is 7.11 Å². The Balaban J connectivity index is 1.56. The largest absolute Gasteiger partial charge is 0.497 e. The molecule has 0 aromatic heterocycles. The molecule has 1 N–H and O–H groups in total. The van der Waals surface area contributed by atoms with Crippen LogP contribution in [0, 0.1) is 0 Å². The van der Waals surface area contributed by atoms with Crippen LogP contribution in [0.1, 0.15) is 43.8 Å². The first kappa shape index (κ1) is 16.7. The van der Waals surface area contributed by atoms with E-state index in [0.717, 1.165) is 24.4 Å². The lowest BCUT2D eigenvalue weighted by molar-refractivity contribution is 0.0876. The Kier molecular flexibility index (Phi) is 5.92. The molecule has 2 atom stereocenters. The van der Waals surface area contributed by atoms with E-state index in [1.165, 1.54) is 51.7 Å². The van der Waals surface area contributed by atoms with Crippen molar-refractivity contribution in [2.24, 2.45) is 0 Å². The summed E-state index contributed by atoms with van der Waals surface area (Å²) in [5, 5.41) is 10.6. The van der Waals surface area contributed by atoms with Crippen molar-refractivity contribution in [2.45, 2.75) is 44.2 Å². The Morgan fingerprint density at radius 2 is 2.00 bits per heavy atom. The van der Waals surface area contributed by atoms with Gasteiger partial charge in [0.25, 0.3) is 0 Å². The molecule has 4 nitrogen and oxygen atoms in total. The lowest BCUT2D eigenvalue weighted by atomic mass is 10.1. The zero-order valence-corrected chi connectivity index (χ0v) is 14.3. The molecule has 23 heavy (non-hydrogen) atoms. The predicted molar refractivity (Wildman–Crippen MR) is 92.8 cm³/mol. The SMILES string of the molecule is COc1cccc(C(O)CN2CCCC2CN2CCCCC2)c1. The number of aliphatic hydroxyl groups is 1. The third-order valence-corrected chi connectivity index (χ3v) is 5.30. The highest BCUT2D eigenvalue weighted by Crippen LogP contribution is 2.25. The molecule has 0 bridgehead atoms. The number of aliphatic hydroxyl groups excluding tert-OH is 1. The van der Waals surface area contributed by atoms with Crippen LogP contribution in [0.25, 0.3) is 0 Å². The third-order valence-electron chi connectivity index (χ3n) is 5.30. The minimum absolute atomic E-state index is 0.438. The van der Waals surface area contributed by atoms with Gasteiger partial charge in [-0.2, -0.15) is 0 Å². The topological polar surface area (TPSA) is 35.9 Å². The van der Waals surface area contributed by atoms with Crippen molar-refractivity contribution >= 4 is 0 Å². The van der Waals surface area contributed by atoms with Crippen molar-refractivity contribution in [2.75, 3.05) is 39.8 Å². The summed E-state index contributed by atoms with van der Waals surface area (Å²) in [6.07, 6.45) is 6.16. The van der Waals surface area contributed by atoms with Gasteiger partial charge in [-0.1, -0.05) is 18.6 Å². The lowest BCUT2D eigenvalue weighted by Crippen LogP contribution is -2.43. The van der Waals surface area contributed by atoms with Crippen LogP contribution in [0.5, 0.6) is 5.75 Å². The van der Waals surface area contributed by atoms with Crippen LogP contribution >= 0.6 is 0 Å². The van der Waals surface area contributed by atoms with Crippen molar-refractivity contribution < 1.29 is 9.84 Å². The van der Waals surface area contributed by atoms with Crippen LogP contribution in [-0.2, 0) is 0 Å². The number of β-amino-alcohol motifs (C(OH)–C–C–N with tert-alkyl or cyclic N) is 1. The molecule has 2 heterocycles. The van der Waals surface area contributed by atoms with Gasteiger partial charge < -0.3 is 14.7 Å². The fourth-order valence-corrected chi connectivity index (χ4v) is 3.96. The van der Waals surface area contributed by atoms with Gasteiger partial charge in [0.05, 0.1) is 13.2 Å². The quantitative estimate of drug-likeness (QED) is 0.875. The van der Waals surface area contributed by atoms with Gasteiger partial charge in [0.1, 0.15) is 5.75 Å². The molecule has 4 heteroatoms. The van der Waals surface area contributed by atoms with E-state index >= 15 is 0 Å². The normalized spacial score (nSPS) is 24.7. The molecule has 2 aliphatic rings. The fourth-order valence-electron chi connectivity index (χ4n) is 3.96. The number of hydrogen-bond donors (Lipinski definition) is 1. The van der Waals surface area contributed by atoms with Gasteiger partial charge in [0.15, 0.2) is 0 Å². The molecule has 2 unspecified atom stereocenters. The third kappa shape index (κ3) is 4.46. The molecule has 0 amide bonds. The van der Waals surface area contributed by atoms with Gasteiger partial charge in [-0.05, 0) is 63.0 Å². The van der Waals surface area contributed by atoms with E-state index in [9.17, 15) is 5.11 Å². The van der Waals surface area contributed by atoms with Crippen molar-refractivity contribution in [3.8, 4) is 5.75 Å². The Bertz CT molecular complexity index is 488. The summed E-state index contributed by atoms with van der Waals surface area (Å²) in [7, 11) is 1.67. The zero-order valence-electron chi connectivity index (χ0n) is 14.3. The minimum Gasteiger partial charge on any atom is -0.497 e. The number of piperidine rings is 1. The van der Waals surface area contributed by atoms with E-state index in [-0.39, 0.29) is 0 Å². The molecule has 0 radical (unpaired) electrons. The van der Waals surface area contributed by atoms with E-state index in [2.05, 4.69) is 9.80 Å². The highest BCUT2D eigenvalue weighted by atomic mass is 16.5. The maximum absolute atomic E-state index is 10.6. The summed E-state index contributed by atoms with van der Waals surface area (Å²) in [4.78, 5) is 5.10. The van der Waals surface area contributed by atoms with Gasteiger partial charge in [-0.25, -0.2) is 0 Å². The van der Waals surface area contributed by atoms with Crippen LogP contribution < -0.4 is 4.74 Å². The average molecular weight is 318 g/mol. The second kappa shape index (κ2) is 8.13. The maximum atomic E-state index is 10.6. The number of rotatable bonds is 6. The maximum Gasteiger partial charge on any atom is 0.119 e. The highest BCUT2D eigenvalue weighted by Gasteiger charge is 2.28. The molecule has 1 aromatic carbocycles. The van der Waals surface area contributed by atoms with Crippen LogP contribution in [0.4, 0.5) is 0 Å². The predicted octanol–water partition coefficient (Wildman–Crippen LogP) is 2.68. The first-order valence-electron chi connectivity index (χ1n) is 9.04. The zero-order chi connectivity index (χ0) is 16.1. The van der Waals surface area contributed by atoms with Gasteiger partial charge in [-0.3, -0.25) is 4.90 Å². The Hall–Kier alpha value is -1.10. The number of hydrogen-bond acceptors (Lipinski definition) is 4. The molecular weight excluding hydrogens is 288 g/mol. The van der Waals surface area contributed by atoms with Crippen molar-refractivity contribution in [3.63, 3.8) is 0 Å². The number of nitrogens with zero attached hydrogens (tertiary/aromatic N) is 2. The van der Waals surface area contributed by atoms with Crippen molar-refractivity contribution in [3.05, 3.63) is 29.8 Å². The second-order valence-electron chi connectivity index (χ2n) is 6.94. The number of likely N-dealkylation sites (tertiary alicyclic amines) is 2. The summed E-state index contributed by atoms with van der Waals surface area (Å²) in [5.41, 5.74) is 0.952. The molecule has 0 spiro atoms. The molecule has 2 saturated heterocycles. The van der Waals surface area contributed by atoms with Gasteiger partial charge in [0, 0.05) is 19.1 Å². The summed E-state index contributed by atoms with van der Waals surface area (Å²) in [5.74, 6) is 0.813. The second-order valence-corrected chi connectivity index (χ2v) is 6.94.